The summed E-state index contributed by atoms with van der Waals surface area (Å²) in [6.07, 6.45) is 2.88. The van der Waals surface area contributed by atoms with Crippen LogP contribution in [0.3, 0.4) is 0 Å². The van der Waals surface area contributed by atoms with Crippen molar-refractivity contribution in [3.63, 3.8) is 0 Å². The smallest absolute Gasteiger partial charge is 0.416 e. The van der Waals surface area contributed by atoms with Crippen molar-refractivity contribution in [3.05, 3.63) is 91.9 Å². The van der Waals surface area contributed by atoms with Gasteiger partial charge in [-0.1, -0.05) is 19.8 Å². The highest BCUT2D eigenvalue weighted by Crippen LogP contribution is 2.36. The average Bonchev–Trinajstić information content (AvgIpc) is 3.26. The van der Waals surface area contributed by atoms with Crippen molar-refractivity contribution in [1.29, 1.82) is 0 Å². The number of nitrogens with one attached hydrogen (secondary N) is 1. The number of aryl methyl sites for hydroxylation is 2. The van der Waals surface area contributed by atoms with Crippen LogP contribution < -0.4 is 10.9 Å². The van der Waals surface area contributed by atoms with Crippen LogP contribution in [0.5, 0.6) is 0 Å². The van der Waals surface area contributed by atoms with E-state index >= 15 is 4.39 Å². The van der Waals surface area contributed by atoms with Crippen LogP contribution >= 0.6 is 0 Å². The Labute approximate surface area is 299 Å². The van der Waals surface area contributed by atoms with Crippen molar-refractivity contribution in [2.75, 3.05) is 19.8 Å². The Morgan fingerprint density at radius 1 is 1.06 bits per heavy atom. The van der Waals surface area contributed by atoms with Gasteiger partial charge in [0.1, 0.15) is 17.7 Å². The van der Waals surface area contributed by atoms with Crippen molar-refractivity contribution >= 4 is 11.9 Å². The lowest BCUT2D eigenvalue weighted by atomic mass is 9.88. The number of morpholine rings is 1. The first kappa shape index (κ1) is 38.7. The molecule has 1 amide bonds. The molecule has 2 aliphatic rings. The number of carbonyl (C=O) groups excluding carboxylic acids is 1. The number of benzene rings is 2. The Kier molecular flexibility index (Phi) is 11.6. The number of carbonyl (C=O) groups is 2. The standard InChI is InChI=1S/C39H42F5N3O5/c1-6-24-14-32(41)30(15-29(24)37-22(4)12-26(40)13-23(37)5)33(17-36(49)50)45-38(51)34(11-21(2)3)47-18-25(31(16-35(47)48)39(42,43)44)9-10-46-27-7-8-28(46)20-52-19-27/h1,12-16,18,21,27-28,33-34H,7-11,17,19-20H2,2-5H3,(H,45,51)(H,49,50). The van der Waals surface area contributed by atoms with Crippen molar-refractivity contribution in [1.82, 2.24) is 14.8 Å². The number of alkyl halides is 3. The molecule has 5 rings (SSSR count). The molecular formula is C39H42F5N3O5. The summed E-state index contributed by atoms with van der Waals surface area (Å²) >= 11 is 0. The number of carboxylic acids is 1. The number of aromatic nitrogens is 1. The molecule has 3 aromatic rings. The Bertz CT molecular complexity index is 1910. The van der Waals surface area contributed by atoms with Crippen LogP contribution in [-0.4, -0.2) is 58.3 Å². The summed E-state index contributed by atoms with van der Waals surface area (Å²) in [6, 6.07) is 2.76. The fourth-order valence-electron chi connectivity index (χ4n) is 7.62. The number of aliphatic carboxylic acids is 1. The molecule has 0 saturated carbocycles. The fraction of sp³-hybridized carbons (Fsp3) is 0.462. The highest BCUT2D eigenvalue weighted by atomic mass is 19.4. The molecule has 4 unspecified atom stereocenters. The highest BCUT2D eigenvalue weighted by Gasteiger charge is 2.39. The lowest BCUT2D eigenvalue weighted by Gasteiger charge is -2.34. The molecule has 2 aromatic carbocycles. The largest absolute Gasteiger partial charge is 0.481 e. The summed E-state index contributed by atoms with van der Waals surface area (Å²) in [4.78, 5) is 41.7. The van der Waals surface area contributed by atoms with Gasteiger partial charge in [-0.2, -0.15) is 13.2 Å². The molecule has 0 aliphatic carbocycles. The number of terminal acetylenes is 1. The van der Waals surface area contributed by atoms with Gasteiger partial charge in [0.25, 0.3) is 5.56 Å². The molecule has 0 spiro atoms. The maximum atomic E-state index is 15.8. The van der Waals surface area contributed by atoms with Gasteiger partial charge >= 0.3 is 12.1 Å². The van der Waals surface area contributed by atoms with Gasteiger partial charge in [0.15, 0.2) is 0 Å². The van der Waals surface area contributed by atoms with Crippen LogP contribution in [0.4, 0.5) is 22.0 Å². The van der Waals surface area contributed by atoms with E-state index < -0.39 is 59.3 Å². The quantitative estimate of drug-likeness (QED) is 0.159. The number of hydrogen-bond donors (Lipinski definition) is 2. The third-order valence-corrected chi connectivity index (χ3v) is 9.96. The second kappa shape index (κ2) is 15.6. The van der Waals surface area contributed by atoms with E-state index in [4.69, 9.17) is 11.2 Å². The zero-order valence-electron chi connectivity index (χ0n) is 29.4. The van der Waals surface area contributed by atoms with E-state index in [2.05, 4.69) is 16.1 Å². The minimum absolute atomic E-state index is 0.00167. The van der Waals surface area contributed by atoms with E-state index in [0.717, 1.165) is 29.7 Å². The first-order valence-electron chi connectivity index (χ1n) is 17.2. The minimum Gasteiger partial charge on any atom is -0.481 e. The van der Waals surface area contributed by atoms with Gasteiger partial charge < -0.3 is 19.7 Å². The second-order valence-corrected chi connectivity index (χ2v) is 14.1. The van der Waals surface area contributed by atoms with Gasteiger partial charge in [0, 0.05) is 42.0 Å². The fourth-order valence-corrected chi connectivity index (χ4v) is 7.62. The molecule has 2 bridgehead atoms. The number of halogens is 5. The first-order chi connectivity index (χ1) is 24.5. The molecule has 2 fully saturated rings. The summed E-state index contributed by atoms with van der Waals surface area (Å²) in [5.41, 5.74) is -0.627. The van der Waals surface area contributed by atoms with Crippen LogP contribution in [0.25, 0.3) is 11.1 Å². The van der Waals surface area contributed by atoms with Crippen LogP contribution in [0.1, 0.15) is 85.0 Å². The molecule has 13 heteroatoms. The second-order valence-electron chi connectivity index (χ2n) is 14.1. The Morgan fingerprint density at radius 2 is 1.69 bits per heavy atom. The predicted octanol–water partition coefficient (Wildman–Crippen LogP) is 6.74. The lowest BCUT2D eigenvalue weighted by molar-refractivity contribution is -0.139. The zero-order chi connectivity index (χ0) is 38.1. The number of hydrogen-bond acceptors (Lipinski definition) is 5. The third-order valence-electron chi connectivity index (χ3n) is 9.96. The molecule has 278 valence electrons. The SMILES string of the molecule is C#Cc1cc(F)c(C(CC(=O)O)NC(=O)C(CC(C)C)n2cc(CCN3C4CCC3COC4)c(C(F)(F)F)cc2=O)cc1-c1c(C)cc(F)cc1C. The van der Waals surface area contributed by atoms with E-state index in [-0.39, 0.29) is 47.5 Å². The van der Waals surface area contributed by atoms with Crippen LogP contribution in [0.2, 0.25) is 0 Å². The van der Waals surface area contributed by atoms with Gasteiger partial charge in [-0.3, -0.25) is 19.3 Å². The van der Waals surface area contributed by atoms with Crippen molar-refractivity contribution in [2.24, 2.45) is 5.92 Å². The number of ether oxygens (including phenoxy) is 1. The van der Waals surface area contributed by atoms with Crippen molar-refractivity contribution in [2.45, 2.75) is 90.1 Å². The molecule has 52 heavy (non-hydrogen) atoms. The highest BCUT2D eigenvalue weighted by molar-refractivity contribution is 5.82. The number of amides is 1. The summed E-state index contributed by atoms with van der Waals surface area (Å²) in [6.45, 7) is 8.09. The molecule has 0 radical (unpaired) electrons. The summed E-state index contributed by atoms with van der Waals surface area (Å²) < 4.78 is 79.3. The maximum Gasteiger partial charge on any atom is 0.416 e. The number of carboxylic acid groups (broad SMARTS) is 1. The van der Waals surface area contributed by atoms with Gasteiger partial charge in [0.2, 0.25) is 5.91 Å². The van der Waals surface area contributed by atoms with Crippen LogP contribution in [0, 0.1) is 43.7 Å². The first-order valence-corrected chi connectivity index (χ1v) is 17.2. The topological polar surface area (TPSA) is 101 Å². The average molecular weight is 728 g/mol. The number of nitrogens with zero attached hydrogens (tertiary/aromatic N) is 2. The van der Waals surface area contributed by atoms with Crippen LogP contribution in [-0.2, 0) is 26.9 Å². The van der Waals surface area contributed by atoms with Gasteiger partial charge in [-0.05, 0) is 97.5 Å². The van der Waals surface area contributed by atoms with Crippen molar-refractivity contribution in [3.8, 4) is 23.5 Å². The molecule has 2 aliphatic heterocycles. The van der Waals surface area contributed by atoms with Crippen molar-refractivity contribution < 1.29 is 41.4 Å². The van der Waals surface area contributed by atoms with Crippen LogP contribution in [0.15, 0.2) is 41.3 Å². The van der Waals surface area contributed by atoms with E-state index in [9.17, 15) is 37.1 Å². The van der Waals surface area contributed by atoms with E-state index in [0.29, 0.717) is 48.1 Å². The predicted molar refractivity (Wildman–Crippen MR) is 185 cm³/mol. The lowest BCUT2D eigenvalue weighted by Crippen LogP contribution is -2.46. The summed E-state index contributed by atoms with van der Waals surface area (Å²) in [5, 5.41) is 12.4. The maximum absolute atomic E-state index is 15.8. The normalized spacial score (nSPS) is 18.6. The summed E-state index contributed by atoms with van der Waals surface area (Å²) in [5.74, 6) is -1.49. The van der Waals surface area contributed by atoms with E-state index in [1.54, 1.807) is 27.7 Å². The Morgan fingerprint density at radius 3 is 2.25 bits per heavy atom. The number of fused-ring (bicyclic) bond motifs is 2. The molecule has 2 N–H and O–H groups in total. The number of rotatable bonds is 12. The minimum atomic E-state index is -4.83. The molecule has 1 aromatic heterocycles. The molecule has 3 heterocycles. The van der Waals surface area contributed by atoms with E-state index in [1.807, 2.05) is 0 Å². The Hall–Kier alpha value is -4.54. The van der Waals surface area contributed by atoms with Gasteiger partial charge in [-0.15, -0.1) is 6.42 Å². The molecule has 2 saturated heterocycles. The molecular weight excluding hydrogens is 685 g/mol. The third kappa shape index (κ3) is 8.40. The zero-order valence-corrected chi connectivity index (χ0v) is 29.4. The number of pyridine rings is 1. The van der Waals surface area contributed by atoms with E-state index in [1.165, 1.54) is 18.2 Å². The van der Waals surface area contributed by atoms with Gasteiger partial charge in [0.05, 0.1) is 31.2 Å². The van der Waals surface area contributed by atoms with Gasteiger partial charge in [-0.25, -0.2) is 8.78 Å². The molecule has 8 nitrogen and oxygen atoms in total. The molecule has 4 atom stereocenters. The summed E-state index contributed by atoms with van der Waals surface area (Å²) in [7, 11) is 0. The monoisotopic (exact) mass is 727 g/mol. The Balaban J connectivity index is 1.54.